The van der Waals surface area contributed by atoms with Gasteiger partial charge in [0.1, 0.15) is 15.7 Å². The van der Waals surface area contributed by atoms with Crippen LogP contribution in [0.5, 0.6) is 0 Å². The lowest BCUT2D eigenvalue weighted by molar-refractivity contribution is 0.0601. The minimum absolute atomic E-state index is 0.334. The van der Waals surface area contributed by atoms with E-state index >= 15 is 0 Å². The maximum atomic E-state index is 12.5. The highest BCUT2D eigenvalue weighted by molar-refractivity contribution is 7.17. The Morgan fingerprint density at radius 1 is 1.25 bits per heavy atom. The number of methoxy groups -OCH3 is 1. The molecule has 0 radical (unpaired) electrons. The molecule has 3 aromatic heterocycles. The number of aryl methyl sites for hydroxylation is 1. The Bertz CT molecular complexity index is 894. The quantitative estimate of drug-likeness (QED) is 0.674. The van der Waals surface area contributed by atoms with E-state index in [0.717, 1.165) is 21.0 Å². The minimum Gasteiger partial charge on any atom is -0.465 e. The molecule has 0 bridgehead atoms. The zero-order valence-corrected chi connectivity index (χ0v) is 15.7. The van der Waals surface area contributed by atoms with Gasteiger partial charge in [-0.15, -0.1) is 22.7 Å². The second-order valence-corrected chi connectivity index (χ2v) is 7.85. The summed E-state index contributed by atoms with van der Waals surface area (Å²) in [7, 11) is 1.33. The summed E-state index contributed by atoms with van der Waals surface area (Å²) >= 11 is 4.36. The van der Waals surface area contributed by atoms with Crippen LogP contribution in [0, 0.1) is 13.8 Å². The van der Waals surface area contributed by atoms with Crippen LogP contribution in [-0.4, -0.2) is 24.0 Å². The average Bonchev–Trinajstić information content (AvgIpc) is 3.28. The minimum atomic E-state index is -0.454. The Hall–Kier alpha value is -2.03. The van der Waals surface area contributed by atoms with Crippen LogP contribution in [0.2, 0.25) is 0 Å². The molecule has 0 aliphatic rings. The summed E-state index contributed by atoms with van der Waals surface area (Å²) in [6.45, 7) is 3.74. The first-order chi connectivity index (χ1) is 11.5. The largest absolute Gasteiger partial charge is 0.465 e. The first-order valence-electron chi connectivity index (χ1n) is 6.99. The highest BCUT2D eigenvalue weighted by Crippen LogP contribution is 2.33. The molecule has 1 amide bonds. The second-order valence-electron chi connectivity index (χ2n) is 4.98. The van der Waals surface area contributed by atoms with E-state index in [4.69, 9.17) is 4.74 Å². The van der Waals surface area contributed by atoms with E-state index in [1.165, 1.54) is 29.8 Å². The molecule has 0 atom stereocenters. The van der Waals surface area contributed by atoms with Crippen molar-refractivity contribution in [1.29, 1.82) is 0 Å². The fraction of sp³-hybridized carbons (Fsp3) is 0.188. The van der Waals surface area contributed by atoms with E-state index in [1.54, 1.807) is 16.7 Å². The molecule has 5 nitrogen and oxygen atoms in total. The Kier molecular flexibility index (Phi) is 4.79. The first kappa shape index (κ1) is 16.8. The molecule has 0 unspecified atom stereocenters. The van der Waals surface area contributed by atoms with Crippen LogP contribution < -0.4 is 5.32 Å². The molecule has 0 aliphatic carbocycles. The van der Waals surface area contributed by atoms with Gasteiger partial charge in [-0.05, 0) is 30.9 Å². The fourth-order valence-corrected chi connectivity index (χ4v) is 4.68. The van der Waals surface area contributed by atoms with E-state index < -0.39 is 5.97 Å². The van der Waals surface area contributed by atoms with E-state index in [1.807, 2.05) is 30.7 Å². The standard InChI is InChI=1S/C16H14N2O3S3/c1-8-9(2)24-15(12(8)16(20)21-3)18-13(19)11-7-23-14(17-11)10-4-5-22-6-10/h4-7H,1-3H3,(H,18,19). The molecule has 124 valence electrons. The lowest BCUT2D eigenvalue weighted by Crippen LogP contribution is -2.14. The van der Waals surface area contributed by atoms with Crippen LogP contribution >= 0.6 is 34.0 Å². The van der Waals surface area contributed by atoms with Gasteiger partial charge in [-0.1, -0.05) is 0 Å². The van der Waals surface area contributed by atoms with Crippen LogP contribution in [0.4, 0.5) is 5.00 Å². The number of thiazole rings is 1. The number of hydrogen-bond donors (Lipinski definition) is 1. The number of hydrogen-bond acceptors (Lipinski definition) is 7. The van der Waals surface area contributed by atoms with Gasteiger partial charge < -0.3 is 10.1 Å². The van der Waals surface area contributed by atoms with Crippen LogP contribution in [0.1, 0.15) is 31.3 Å². The highest BCUT2D eigenvalue weighted by atomic mass is 32.1. The Balaban J connectivity index is 1.86. The van der Waals surface area contributed by atoms with Gasteiger partial charge in [-0.25, -0.2) is 9.78 Å². The molecule has 0 fully saturated rings. The fourth-order valence-electron chi connectivity index (χ4n) is 2.13. The zero-order valence-electron chi connectivity index (χ0n) is 13.2. The third-order valence-electron chi connectivity index (χ3n) is 3.51. The maximum absolute atomic E-state index is 12.5. The molecule has 3 heterocycles. The van der Waals surface area contributed by atoms with Crippen LogP contribution in [0.25, 0.3) is 10.6 Å². The molecule has 0 aliphatic heterocycles. The summed E-state index contributed by atoms with van der Waals surface area (Å²) in [5.41, 5.74) is 2.56. The summed E-state index contributed by atoms with van der Waals surface area (Å²) < 4.78 is 4.82. The molecule has 0 spiro atoms. The van der Waals surface area contributed by atoms with Crippen molar-refractivity contribution in [3.63, 3.8) is 0 Å². The molecule has 0 saturated carbocycles. The summed E-state index contributed by atoms with van der Waals surface area (Å²) in [4.78, 5) is 29.8. The van der Waals surface area contributed by atoms with Gasteiger partial charge in [0.05, 0.1) is 12.7 Å². The van der Waals surface area contributed by atoms with E-state index in [2.05, 4.69) is 10.3 Å². The zero-order chi connectivity index (χ0) is 17.3. The molecule has 3 aromatic rings. The number of ether oxygens (including phenoxy) is 1. The number of anilines is 1. The lowest BCUT2D eigenvalue weighted by Gasteiger charge is -2.04. The third-order valence-corrected chi connectivity index (χ3v) is 6.20. The number of rotatable bonds is 4. The van der Waals surface area contributed by atoms with Crippen molar-refractivity contribution in [3.8, 4) is 10.6 Å². The molecular formula is C16H14N2O3S3. The molecule has 24 heavy (non-hydrogen) atoms. The van der Waals surface area contributed by atoms with Crippen LogP contribution in [0.15, 0.2) is 22.2 Å². The number of carbonyl (C=O) groups excluding carboxylic acids is 2. The van der Waals surface area contributed by atoms with E-state index in [9.17, 15) is 9.59 Å². The Labute approximate surface area is 150 Å². The van der Waals surface area contributed by atoms with Gasteiger partial charge in [-0.2, -0.15) is 11.3 Å². The van der Waals surface area contributed by atoms with Crippen molar-refractivity contribution in [2.75, 3.05) is 12.4 Å². The third kappa shape index (κ3) is 3.12. The van der Waals surface area contributed by atoms with Gasteiger partial charge in [-0.3, -0.25) is 4.79 Å². The number of nitrogens with zero attached hydrogens (tertiary/aromatic N) is 1. The normalized spacial score (nSPS) is 10.6. The van der Waals surface area contributed by atoms with E-state index in [-0.39, 0.29) is 5.91 Å². The van der Waals surface area contributed by atoms with E-state index in [0.29, 0.717) is 16.3 Å². The summed E-state index contributed by atoms with van der Waals surface area (Å²) in [5.74, 6) is -0.788. The van der Waals surface area contributed by atoms with Gasteiger partial charge >= 0.3 is 5.97 Å². The predicted molar refractivity (Wildman–Crippen MR) is 98.5 cm³/mol. The number of carbonyl (C=O) groups is 2. The summed E-state index contributed by atoms with van der Waals surface area (Å²) in [6, 6.07) is 1.96. The number of amides is 1. The molecule has 0 aromatic carbocycles. The van der Waals surface area contributed by atoms with Crippen molar-refractivity contribution in [2.24, 2.45) is 0 Å². The predicted octanol–water partition coefficient (Wildman–Crippen LogP) is 4.59. The first-order valence-corrected chi connectivity index (χ1v) is 9.63. The van der Waals surface area contributed by atoms with Gasteiger partial charge in [0.15, 0.2) is 0 Å². The summed E-state index contributed by atoms with van der Waals surface area (Å²) in [5, 5.41) is 9.75. The number of nitrogens with one attached hydrogen (secondary N) is 1. The second kappa shape index (κ2) is 6.84. The van der Waals surface area contributed by atoms with Crippen molar-refractivity contribution in [2.45, 2.75) is 13.8 Å². The maximum Gasteiger partial charge on any atom is 0.341 e. The lowest BCUT2D eigenvalue weighted by atomic mass is 10.1. The SMILES string of the molecule is COC(=O)c1c(NC(=O)c2csc(-c3ccsc3)n2)sc(C)c1C. The molecule has 0 saturated heterocycles. The van der Waals surface area contributed by atoms with Crippen LogP contribution in [-0.2, 0) is 4.74 Å². The molecule has 8 heteroatoms. The van der Waals surface area contributed by atoms with Crippen molar-refractivity contribution < 1.29 is 14.3 Å². The number of esters is 1. The van der Waals surface area contributed by atoms with Crippen molar-refractivity contribution in [3.05, 3.63) is 43.9 Å². The average molecular weight is 379 g/mol. The number of aromatic nitrogens is 1. The van der Waals surface area contributed by atoms with Crippen molar-refractivity contribution >= 4 is 50.9 Å². The highest BCUT2D eigenvalue weighted by Gasteiger charge is 2.22. The molecular weight excluding hydrogens is 364 g/mol. The Morgan fingerprint density at radius 2 is 2.04 bits per heavy atom. The number of thiophene rings is 2. The van der Waals surface area contributed by atoms with Gasteiger partial charge in [0.2, 0.25) is 0 Å². The van der Waals surface area contributed by atoms with Crippen molar-refractivity contribution in [1.82, 2.24) is 4.98 Å². The summed E-state index contributed by atoms with van der Waals surface area (Å²) in [6.07, 6.45) is 0. The van der Waals surface area contributed by atoms with Gasteiger partial charge in [0.25, 0.3) is 5.91 Å². The smallest absolute Gasteiger partial charge is 0.341 e. The Morgan fingerprint density at radius 3 is 2.71 bits per heavy atom. The molecule has 1 N–H and O–H groups in total. The molecule has 3 rings (SSSR count). The topological polar surface area (TPSA) is 68.3 Å². The van der Waals surface area contributed by atoms with Gasteiger partial charge in [0, 0.05) is 21.2 Å². The van der Waals surface area contributed by atoms with Crippen LogP contribution in [0.3, 0.4) is 0 Å². The monoisotopic (exact) mass is 378 g/mol.